The molecule has 0 aliphatic heterocycles. The molecule has 118 valence electrons. The maximum atomic E-state index is 11.9. The quantitative estimate of drug-likeness (QED) is 0.748. The van der Waals surface area contributed by atoms with Gasteiger partial charge in [0, 0.05) is 12.2 Å². The molecule has 0 saturated carbocycles. The molecule has 0 saturated heterocycles. The summed E-state index contributed by atoms with van der Waals surface area (Å²) in [6.45, 7) is 10.6. The van der Waals surface area contributed by atoms with E-state index >= 15 is 0 Å². The largest absolute Gasteiger partial charge is 0.393 e. The van der Waals surface area contributed by atoms with Crippen molar-refractivity contribution < 1.29 is 9.90 Å². The van der Waals surface area contributed by atoms with Crippen molar-refractivity contribution in [1.82, 2.24) is 5.32 Å². The Labute approximate surface area is 128 Å². The number of carbonyl (C=O) groups excluding carboxylic acids is 1. The molecule has 0 bridgehead atoms. The van der Waals surface area contributed by atoms with E-state index in [1.807, 2.05) is 38.1 Å². The molecule has 4 heteroatoms. The Hall–Kier alpha value is -1.55. The van der Waals surface area contributed by atoms with Crippen LogP contribution in [0.4, 0.5) is 10.5 Å². The average Bonchev–Trinajstić information content (AvgIpc) is 2.36. The summed E-state index contributed by atoms with van der Waals surface area (Å²) in [5, 5.41) is 15.1. The second kappa shape index (κ2) is 7.46. The second-order valence-electron chi connectivity index (χ2n) is 6.80. The molecule has 1 atom stereocenters. The zero-order valence-electron chi connectivity index (χ0n) is 13.7. The molecule has 0 aliphatic rings. The smallest absolute Gasteiger partial charge is 0.319 e. The summed E-state index contributed by atoms with van der Waals surface area (Å²) in [5.41, 5.74) is 1.90. The summed E-state index contributed by atoms with van der Waals surface area (Å²) in [4.78, 5) is 11.9. The molecule has 1 aromatic rings. The van der Waals surface area contributed by atoms with Gasteiger partial charge in [-0.2, -0.15) is 0 Å². The molecule has 0 spiro atoms. The molecule has 4 nitrogen and oxygen atoms in total. The minimum atomic E-state index is -0.367. The monoisotopic (exact) mass is 292 g/mol. The van der Waals surface area contributed by atoms with Gasteiger partial charge in [-0.1, -0.05) is 39.8 Å². The Kier molecular flexibility index (Phi) is 6.21. The van der Waals surface area contributed by atoms with Gasteiger partial charge in [-0.25, -0.2) is 4.79 Å². The van der Waals surface area contributed by atoms with Gasteiger partial charge in [-0.15, -0.1) is 0 Å². The van der Waals surface area contributed by atoms with Crippen LogP contribution in [0.1, 0.15) is 52.5 Å². The summed E-state index contributed by atoms with van der Waals surface area (Å²) >= 11 is 0. The van der Waals surface area contributed by atoms with Gasteiger partial charge in [0.25, 0.3) is 0 Å². The van der Waals surface area contributed by atoms with Crippen molar-refractivity contribution >= 4 is 11.7 Å². The molecule has 0 fully saturated rings. The van der Waals surface area contributed by atoms with Crippen molar-refractivity contribution in [3.05, 3.63) is 29.8 Å². The van der Waals surface area contributed by atoms with Crippen LogP contribution in [-0.2, 0) is 0 Å². The zero-order chi connectivity index (χ0) is 16.0. The second-order valence-corrected chi connectivity index (χ2v) is 6.80. The van der Waals surface area contributed by atoms with Gasteiger partial charge in [0.15, 0.2) is 0 Å². The van der Waals surface area contributed by atoms with Crippen LogP contribution >= 0.6 is 0 Å². The van der Waals surface area contributed by atoms with Gasteiger partial charge in [-0.05, 0) is 42.4 Å². The molecular formula is C17H28N2O2. The van der Waals surface area contributed by atoms with E-state index in [4.69, 9.17) is 0 Å². The van der Waals surface area contributed by atoms with E-state index in [-0.39, 0.29) is 17.6 Å². The van der Waals surface area contributed by atoms with Crippen LogP contribution in [0, 0.1) is 5.41 Å². The number of aliphatic hydroxyl groups is 1. The molecule has 3 N–H and O–H groups in total. The number of benzene rings is 1. The van der Waals surface area contributed by atoms with Crippen molar-refractivity contribution in [2.24, 2.45) is 5.41 Å². The SMILES string of the molecule is CC(O)CC(C)(C)CNC(=O)Nc1ccc(C(C)C)cc1. The molecule has 0 aromatic heterocycles. The number of rotatable bonds is 6. The molecule has 2 amide bonds. The lowest BCUT2D eigenvalue weighted by Gasteiger charge is -2.26. The maximum absolute atomic E-state index is 11.9. The highest BCUT2D eigenvalue weighted by molar-refractivity contribution is 5.89. The molecule has 0 aliphatic carbocycles. The van der Waals surface area contributed by atoms with Crippen LogP contribution in [0.5, 0.6) is 0 Å². The van der Waals surface area contributed by atoms with Crippen molar-refractivity contribution in [3.8, 4) is 0 Å². The van der Waals surface area contributed by atoms with Crippen molar-refractivity contribution in [2.75, 3.05) is 11.9 Å². The maximum Gasteiger partial charge on any atom is 0.319 e. The van der Waals surface area contributed by atoms with Gasteiger partial charge in [0.2, 0.25) is 0 Å². The van der Waals surface area contributed by atoms with E-state index in [0.717, 1.165) is 5.69 Å². The fourth-order valence-electron chi connectivity index (χ4n) is 2.32. The Morgan fingerprint density at radius 1 is 1.19 bits per heavy atom. The number of carbonyl (C=O) groups is 1. The van der Waals surface area contributed by atoms with Gasteiger partial charge >= 0.3 is 6.03 Å². The molecular weight excluding hydrogens is 264 g/mol. The van der Waals surface area contributed by atoms with E-state index < -0.39 is 0 Å². The lowest BCUT2D eigenvalue weighted by molar-refractivity contribution is 0.129. The first-order valence-corrected chi connectivity index (χ1v) is 7.52. The molecule has 1 aromatic carbocycles. The third-order valence-corrected chi connectivity index (χ3v) is 3.41. The summed E-state index contributed by atoms with van der Waals surface area (Å²) < 4.78 is 0. The van der Waals surface area contributed by atoms with E-state index in [0.29, 0.717) is 18.9 Å². The lowest BCUT2D eigenvalue weighted by atomic mass is 9.87. The van der Waals surface area contributed by atoms with Crippen LogP contribution < -0.4 is 10.6 Å². The van der Waals surface area contributed by atoms with Crippen molar-refractivity contribution in [2.45, 2.75) is 53.1 Å². The van der Waals surface area contributed by atoms with E-state index in [1.165, 1.54) is 5.56 Å². The number of amides is 2. The highest BCUT2D eigenvalue weighted by Crippen LogP contribution is 2.21. The van der Waals surface area contributed by atoms with Crippen molar-refractivity contribution in [3.63, 3.8) is 0 Å². The third-order valence-electron chi connectivity index (χ3n) is 3.41. The van der Waals surface area contributed by atoms with Crippen LogP contribution in [-0.4, -0.2) is 23.8 Å². The predicted octanol–water partition coefficient (Wildman–Crippen LogP) is 3.73. The third kappa shape index (κ3) is 6.63. The van der Waals surface area contributed by atoms with Gasteiger partial charge in [-0.3, -0.25) is 0 Å². The normalized spacial score (nSPS) is 13.1. The topological polar surface area (TPSA) is 61.4 Å². The summed E-state index contributed by atoms with van der Waals surface area (Å²) in [5.74, 6) is 0.481. The number of nitrogens with one attached hydrogen (secondary N) is 2. The standard InChI is InChI=1S/C17H28N2O2/c1-12(2)14-6-8-15(9-7-14)19-16(21)18-11-17(4,5)10-13(3)20/h6-9,12-13,20H,10-11H2,1-5H3,(H2,18,19,21). The highest BCUT2D eigenvalue weighted by Gasteiger charge is 2.21. The summed E-state index contributed by atoms with van der Waals surface area (Å²) in [6.07, 6.45) is 0.282. The first-order chi connectivity index (χ1) is 9.69. The first-order valence-electron chi connectivity index (χ1n) is 7.52. The molecule has 0 heterocycles. The zero-order valence-corrected chi connectivity index (χ0v) is 13.7. The summed E-state index contributed by atoms with van der Waals surface area (Å²) in [6, 6.07) is 7.66. The minimum absolute atomic E-state index is 0.132. The number of aliphatic hydroxyl groups excluding tert-OH is 1. The molecule has 1 rings (SSSR count). The van der Waals surface area contributed by atoms with Gasteiger partial charge in [0.1, 0.15) is 0 Å². The Balaban J connectivity index is 2.47. The summed E-state index contributed by atoms with van der Waals surface area (Å²) in [7, 11) is 0. The fraction of sp³-hybridized carbons (Fsp3) is 0.588. The number of urea groups is 1. The predicted molar refractivity (Wildman–Crippen MR) is 87.6 cm³/mol. The van der Waals surface area contributed by atoms with Crippen LogP contribution in [0.2, 0.25) is 0 Å². The number of hydrogen-bond donors (Lipinski definition) is 3. The van der Waals surface area contributed by atoms with Gasteiger partial charge in [0.05, 0.1) is 6.10 Å². The van der Waals surface area contributed by atoms with E-state index in [2.05, 4.69) is 24.5 Å². The fourth-order valence-corrected chi connectivity index (χ4v) is 2.32. The average molecular weight is 292 g/mol. The molecule has 1 unspecified atom stereocenters. The van der Waals surface area contributed by atoms with Crippen molar-refractivity contribution in [1.29, 1.82) is 0 Å². The van der Waals surface area contributed by atoms with Gasteiger partial charge < -0.3 is 15.7 Å². The van der Waals surface area contributed by atoms with E-state index in [1.54, 1.807) is 6.92 Å². The minimum Gasteiger partial charge on any atom is -0.393 e. The highest BCUT2D eigenvalue weighted by atomic mass is 16.3. The Bertz CT molecular complexity index is 450. The first kappa shape index (κ1) is 17.5. The Morgan fingerprint density at radius 3 is 2.24 bits per heavy atom. The lowest BCUT2D eigenvalue weighted by Crippen LogP contribution is -2.38. The molecule has 21 heavy (non-hydrogen) atoms. The van der Waals surface area contributed by atoms with E-state index in [9.17, 15) is 9.90 Å². The molecule has 0 radical (unpaired) electrons. The Morgan fingerprint density at radius 2 is 1.76 bits per heavy atom. The van der Waals surface area contributed by atoms with Crippen LogP contribution in [0.25, 0.3) is 0 Å². The number of hydrogen-bond acceptors (Lipinski definition) is 2. The van der Waals surface area contributed by atoms with Crippen LogP contribution in [0.3, 0.4) is 0 Å². The van der Waals surface area contributed by atoms with Crippen LogP contribution in [0.15, 0.2) is 24.3 Å². The number of anilines is 1.